The molecule has 0 unspecified atom stereocenters. The number of aryl methyl sites for hydroxylation is 1. The Balaban J connectivity index is 2.15. The number of nitrogens with zero attached hydrogens (tertiary/aromatic N) is 4. The summed E-state index contributed by atoms with van der Waals surface area (Å²) in [5, 5.41) is 21.5. The molecule has 8 heteroatoms. The lowest BCUT2D eigenvalue weighted by Gasteiger charge is -2.36. The highest BCUT2D eigenvalue weighted by molar-refractivity contribution is 5.96. The fraction of sp³-hybridized carbons (Fsp3) is 0.471. The van der Waals surface area contributed by atoms with Crippen molar-refractivity contribution < 1.29 is 10.0 Å². The van der Waals surface area contributed by atoms with E-state index in [0.717, 1.165) is 5.39 Å². The third-order valence-electron chi connectivity index (χ3n) is 4.73. The van der Waals surface area contributed by atoms with Crippen LogP contribution >= 0.6 is 0 Å². The second kappa shape index (κ2) is 7.20. The van der Waals surface area contributed by atoms with E-state index < -0.39 is 10.5 Å². The molecule has 1 aliphatic heterocycles. The molecule has 2 aromatic rings. The topological polar surface area (TPSA) is 91.8 Å². The first-order valence-electron chi connectivity index (χ1n) is 8.46. The van der Waals surface area contributed by atoms with Gasteiger partial charge >= 0.3 is 11.2 Å². The summed E-state index contributed by atoms with van der Waals surface area (Å²) >= 11 is 0. The van der Waals surface area contributed by atoms with Gasteiger partial charge < -0.3 is 14.6 Å². The summed E-state index contributed by atoms with van der Waals surface area (Å²) in [5.41, 5.74) is 0.225. The van der Waals surface area contributed by atoms with Crippen molar-refractivity contribution in [3.63, 3.8) is 0 Å². The van der Waals surface area contributed by atoms with E-state index in [1.54, 1.807) is 0 Å². The van der Waals surface area contributed by atoms with Gasteiger partial charge in [0.1, 0.15) is 5.69 Å². The first-order valence-corrected chi connectivity index (χ1v) is 8.46. The molecule has 1 N–H and O–H groups in total. The molecule has 1 aromatic heterocycles. The van der Waals surface area contributed by atoms with Gasteiger partial charge in [0, 0.05) is 44.7 Å². The first-order chi connectivity index (χ1) is 12.1. The molecule has 0 aliphatic carbocycles. The monoisotopic (exact) mass is 346 g/mol. The molecule has 0 spiro atoms. The number of nitro groups is 1. The van der Waals surface area contributed by atoms with Crippen molar-refractivity contribution in [1.82, 2.24) is 9.47 Å². The van der Waals surface area contributed by atoms with Gasteiger partial charge in [0.15, 0.2) is 0 Å². The molecule has 1 aliphatic rings. The van der Waals surface area contributed by atoms with Gasteiger partial charge in [0.05, 0.1) is 17.0 Å². The van der Waals surface area contributed by atoms with Gasteiger partial charge in [-0.05, 0) is 13.0 Å². The molecule has 0 bridgehead atoms. The largest absolute Gasteiger partial charge is 0.395 e. The van der Waals surface area contributed by atoms with Gasteiger partial charge in [-0.15, -0.1) is 0 Å². The lowest BCUT2D eigenvalue weighted by Crippen LogP contribution is -2.47. The second-order valence-electron chi connectivity index (χ2n) is 6.07. The zero-order chi connectivity index (χ0) is 18.0. The molecule has 1 saturated heterocycles. The molecule has 1 aromatic carbocycles. The minimum atomic E-state index is -0.559. The first kappa shape index (κ1) is 17.4. The number of rotatable bonds is 5. The number of pyridine rings is 1. The second-order valence-corrected chi connectivity index (χ2v) is 6.07. The fourth-order valence-corrected chi connectivity index (χ4v) is 3.51. The van der Waals surface area contributed by atoms with Crippen molar-refractivity contribution in [1.29, 1.82) is 0 Å². The SMILES string of the molecule is CCn1c(=O)c([N+](=O)[O-])c(N2CCN(CCO)CC2)c2ccccc21. The normalized spacial score (nSPS) is 15.7. The van der Waals surface area contributed by atoms with Crippen LogP contribution in [0.25, 0.3) is 10.9 Å². The Labute approximate surface area is 145 Å². The Morgan fingerprint density at radius 3 is 2.48 bits per heavy atom. The van der Waals surface area contributed by atoms with E-state index in [9.17, 15) is 14.9 Å². The van der Waals surface area contributed by atoms with Crippen molar-refractivity contribution in [3.05, 3.63) is 44.7 Å². The zero-order valence-corrected chi connectivity index (χ0v) is 14.2. The fourth-order valence-electron chi connectivity index (χ4n) is 3.51. The molecule has 1 fully saturated rings. The van der Waals surface area contributed by atoms with E-state index in [2.05, 4.69) is 4.90 Å². The van der Waals surface area contributed by atoms with Crippen molar-refractivity contribution >= 4 is 22.3 Å². The van der Waals surface area contributed by atoms with Gasteiger partial charge in [-0.1, -0.05) is 18.2 Å². The zero-order valence-electron chi connectivity index (χ0n) is 14.2. The number of benzene rings is 1. The summed E-state index contributed by atoms with van der Waals surface area (Å²) in [6, 6.07) is 7.34. The minimum Gasteiger partial charge on any atom is -0.395 e. The minimum absolute atomic E-state index is 0.0929. The molecule has 0 saturated carbocycles. The highest BCUT2D eigenvalue weighted by Crippen LogP contribution is 2.34. The van der Waals surface area contributed by atoms with E-state index in [0.29, 0.717) is 50.5 Å². The summed E-state index contributed by atoms with van der Waals surface area (Å²) < 4.78 is 1.46. The number of anilines is 1. The van der Waals surface area contributed by atoms with Gasteiger partial charge in [0.25, 0.3) is 0 Å². The summed E-state index contributed by atoms with van der Waals surface area (Å²) in [6.07, 6.45) is 0. The Morgan fingerprint density at radius 2 is 1.88 bits per heavy atom. The average molecular weight is 346 g/mol. The number of hydrogen-bond acceptors (Lipinski definition) is 6. The molecule has 0 atom stereocenters. The van der Waals surface area contributed by atoms with Crippen molar-refractivity contribution in [2.45, 2.75) is 13.5 Å². The maximum Gasteiger partial charge on any atom is 0.357 e. The van der Waals surface area contributed by atoms with Crippen molar-refractivity contribution in [3.8, 4) is 0 Å². The summed E-state index contributed by atoms with van der Waals surface area (Å²) in [5.74, 6) is 0. The van der Waals surface area contributed by atoms with Crippen LogP contribution in [0.15, 0.2) is 29.1 Å². The number of fused-ring (bicyclic) bond motifs is 1. The van der Waals surface area contributed by atoms with Crippen LogP contribution in [-0.2, 0) is 6.54 Å². The van der Waals surface area contributed by atoms with E-state index in [4.69, 9.17) is 5.11 Å². The quantitative estimate of drug-likeness (QED) is 0.642. The third-order valence-corrected chi connectivity index (χ3v) is 4.73. The van der Waals surface area contributed by atoms with Crippen LogP contribution in [0, 0.1) is 10.1 Å². The molecule has 134 valence electrons. The predicted octanol–water partition coefficient (Wildman–Crippen LogP) is 1.04. The highest BCUT2D eigenvalue weighted by Gasteiger charge is 2.30. The maximum absolute atomic E-state index is 12.7. The standard InChI is InChI=1S/C17H22N4O4/c1-2-20-14-6-4-3-5-13(14)15(16(17(20)23)21(24)25)19-9-7-18(8-10-19)11-12-22/h3-6,22H,2,7-12H2,1H3. The third kappa shape index (κ3) is 3.10. The molecule has 3 rings (SSSR count). The summed E-state index contributed by atoms with van der Waals surface area (Å²) in [7, 11) is 0. The van der Waals surface area contributed by atoms with Crippen LogP contribution in [0.3, 0.4) is 0 Å². The van der Waals surface area contributed by atoms with E-state index in [1.165, 1.54) is 4.57 Å². The van der Waals surface area contributed by atoms with Crippen LogP contribution < -0.4 is 10.5 Å². The molecular formula is C17H22N4O4. The lowest BCUT2D eigenvalue weighted by atomic mass is 10.1. The van der Waals surface area contributed by atoms with E-state index in [-0.39, 0.29) is 12.3 Å². The molecule has 2 heterocycles. The van der Waals surface area contributed by atoms with Crippen molar-refractivity contribution in [2.24, 2.45) is 0 Å². The van der Waals surface area contributed by atoms with E-state index in [1.807, 2.05) is 36.1 Å². The predicted molar refractivity (Wildman–Crippen MR) is 96.3 cm³/mol. The Morgan fingerprint density at radius 1 is 1.20 bits per heavy atom. The number of aliphatic hydroxyl groups excluding tert-OH is 1. The van der Waals surface area contributed by atoms with Crippen LogP contribution in [0.5, 0.6) is 0 Å². The van der Waals surface area contributed by atoms with E-state index >= 15 is 0 Å². The molecule has 25 heavy (non-hydrogen) atoms. The Hall–Kier alpha value is -2.45. The highest BCUT2D eigenvalue weighted by atomic mass is 16.6. The Bertz CT molecular complexity index is 840. The van der Waals surface area contributed by atoms with Crippen LogP contribution in [0.2, 0.25) is 0 Å². The van der Waals surface area contributed by atoms with Gasteiger partial charge in [-0.2, -0.15) is 0 Å². The summed E-state index contributed by atoms with van der Waals surface area (Å²) in [6.45, 7) is 5.44. The van der Waals surface area contributed by atoms with Crippen molar-refractivity contribution in [2.75, 3.05) is 44.2 Å². The van der Waals surface area contributed by atoms with Gasteiger partial charge in [0.2, 0.25) is 0 Å². The molecule has 0 radical (unpaired) electrons. The van der Waals surface area contributed by atoms with Gasteiger partial charge in [-0.25, -0.2) is 0 Å². The van der Waals surface area contributed by atoms with Crippen LogP contribution in [0.4, 0.5) is 11.4 Å². The maximum atomic E-state index is 12.7. The van der Waals surface area contributed by atoms with Crippen LogP contribution in [0.1, 0.15) is 6.92 Å². The Kier molecular flexibility index (Phi) is 5.00. The smallest absolute Gasteiger partial charge is 0.357 e. The van der Waals surface area contributed by atoms with Gasteiger partial charge in [-0.3, -0.25) is 19.8 Å². The molecule has 0 amide bonds. The van der Waals surface area contributed by atoms with Crippen LogP contribution in [-0.4, -0.2) is 58.8 Å². The lowest BCUT2D eigenvalue weighted by molar-refractivity contribution is -0.385. The molecular weight excluding hydrogens is 324 g/mol. The average Bonchev–Trinajstić information content (AvgIpc) is 2.61. The number of para-hydroxylation sites is 1. The number of β-amino-alcohol motifs (C(OH)–C–C–N with tert-alkyl or cyclic N) is 1. The number of aromatic nitrogens is 1. The number of aliphatic hydroxyl groups is 1. The number of piperazine rings is 1. The number of hydrogen-bond donors (Lipinski definition) is 1. The summed E-state index contributed by atoms with van der Waals surface area (Å²) in [4.78, 5) is 27.9. The molecule has 8 nitrogen and oxygen atoms in total.